The van der Waals surface area contributed by atoms with E-state index < -0.39 is 28.7 Å². The molecule has 0 bridgehead atoms. The molecule has 1 fully saturated rings. The average molecular weight is 409 g/mol. The highest BCUT2D eigenvalue weighted by atomic mass is 19.4. The quantitative estimate of drug-likeness (QED) is 0.617. The van der Waals surface area contributed by atoms with E-state index in [1.165, 1.54) is 37.4 Å². The fourth-order valence-corrected chi connectivity index (χ4v) is 3.19. The van der Waals surface area contributed by atoms with E-state index in [4.69, 9.17) is 4.74 Å². The Morgan fingerprint density at radius 3 is 2.52 bits per heavy atom. The molecule has 1 atom stereocenters. The molecule has 7 nitrogen and oxygen atoms in total. The number of nitrogens with zero attached hydrogens (tertiary/aromatic N) is 2. The summed E-state index contributed by atoms with van der Waals surface area (Å²) in [5, 5.41) is 13.5. The normalized spacial score (nSPS) is 17.1. The fraction of sp³-hybridized carbons (Fsp3) is 0.316. The van der Waals surface area contributed by atoms with E-state index in [0.717, 1.165) is 12.1 Å². The topological polar surface area (TPSA) is 84.7 Å². The van der Waals surface area contributed by atoms with Crippen molar-refractivity contribution in [3.8, 4) is 0 Å². The van der Waals surface area contributed by atoms with Crippen LogP contribution in [-0.4, -0.2) is 37.6 Å². The van der Waals surface area contributed by atoms with Gasteiger partial charge in [0.25, 0.3) is 11.6 Å². The fourth-order valence-electron chi connectivity index (χ4n) is 3.19. The van der Waals surface area contributed by atoms with Crippen molar-refractivity contribution < 1.29 is 27.6 Å². The summed E-state index contributed by atoms with van der Waals surface area (Å²) in [5.74, 6) is -0.471. The van der Waals surface area contributed by atoms with E-state index in [1.807, 2.05) is 4.90 Å². The number of carbonyl (C=O) groups is 1. The van der Waals surface area contributed by atoms with Gasteiger partial charge in [-0.1, -0.05) is 12.1 Å². The van der Waals surface area contributed by atoms with Gasteiger partial charge in [-0.2, -0.15) is 13.2 Å². The van der Waals surface area contributed by atoms with Gasteiger partial charge in [-0.15, -0.1) is 0 Å². The van der Waals surface area contributed by atoms with E-state index in [0.29, 0.717) is 17.8 Å². The number of ether oxygens (including phenoxy) is 1. The first-order chi connectivity index (χ1) is 13.7. The molecule has 0 aromatic heterocycles. The lowest BCUT2D eigenvalue weighted by Crippen LogP contribution is -2.39. The Hall–Kier alpha value is -3.14. The second-order valence-electron chi connectivity index (χ2n) is 6.46. The minimum Gasteiger partial charge on any atom is -0.370 e. The molecule has 1 heterocycles. The van der Waals surface area contributed by atoms with Crippen LogP contribution in [0.1, 0.15) is 27.6 Å². The molecule has 2 aromatic rings. The van der Waals surface area contributed by atoms with Crippen LogP contribution in [0.3, 0.4) is 0 Å². The maximum Gasteiger partial charge on any atom is 0.416 e. The van der Waals surface area contributed by atoms with E-state index in [1.54, 1.807) is 0 Å². The first-order valence-electron chi connectivity index (χ1n) is 8.75. The van der Waals surface area contributed by atoms with Crippen molar-refractivity contribution in [1.82, 2.24) is 5.32 Å². The number of carbonyl (C=O) groups excluding carboxylic acids is 1. The molecule has 1 aliphatic rings. The Kier molecular flexibility index (Phi) is 5.73. The number of anilines is 1. The molecule has 10 heteroatoms. The van der Waals surface area contributed by atoms with Crippen molar-refractivity contribution in [1.29, 1.82) is 0 Å². The summed E-state index contributed by atoms with van der Waals surface area (Å²) in [6, 6.07) is 8.75. The second-order valence-corrected chi connectivity index (χ2v) is 6.46. The third kappa shape index (κ3) is 4.48. The number of amides is 1. The Morgan fingerprint density at radius 2 is 1.93 bits per heavy atom. The number of non-ortho nitro benzene ring substituents is 1. The molecule has 0 radical (unpaired) electrons. The molecule has 1 aliphatic heterocycles. The molecule has 1 N–H and O–H groups in total. The first-order valence-corrected chi connectivity index (χ1v) is 8.75. The molecule has 0 aliphatic carbocycles. The predicted molar refractivity (Wildman–Crippen MR) is 98.8 cm³/mol. The zero-order chi connectivity index (χ0) is 21.2. The molecular formula is C19H18F3N3O4. The largest absolute Gasteiger partial charge is 0.416 e. The highest BCUT2D eigenvalue weighted by molar-refractivity contribution is 6.00. The molecule has 1 saturated heterocycles. The highest BCUT2D eigenvalue weighted by Crippen LogP contribution is 2.33. The van der Waals surface area contributed by atoms with Crippen molar-refractivity contribution >= 4 is 17.3 Å². The van der Waals surface area contributed by atoms with Crippen molar-refractivity contribution in [2.75, 3.05) is 31.6 Å². The first kappa shape index (κ1) is 20.6. The Labute approximate surface area is 164 Å². The van der Waals surface area contributed by atoms with Gasteiger partial charge < -0.3 is 15.0 Å². The SMILES string of the molecule is CNC(=O)c1cc([N+](=O)[O-])ccc1N1CCOC(c2ccc(C(F)(F)F)cc2)C1. The average Bonchev–Trinajstić information content (AvgIpc) is 2.72. The number of halogens is 3. The summed E-state index contributed by atoms with van der Waals surface area (Å²) < 4.78 is 44.0. The van der Waals surface area contributed by atoms with E-state index in [-0.39, 0.29) is 24.4 Å². The smallest absolute Gasteiger partial charge is 0.370 e. The molecule has 0 spiro atoms. The molecule has 154 valence electrons. The Bertz CT molecular complexity index is 916. The van der Waals surface area contributed by atoms with Crippen LogP contribution in [0.25, 0.3) is 0 Å². The standard InChI is InChI=1S/C19H18F3N3O4/c1-23-18(26)15-10-14(25(27)28)6-7-16(15)24-8-9-29-17(11-24)12-2-4-13(5-3-12)19(20,21)22/h2-7,10,17H,8-9,11H2,1H3,(H,23,26). The van der Waals surface area contributed by atoms with Gasteiger partial charge in [-0.25, -0.2) is 0 Å². The van der Waals surface area contributed by atoms with Crippen LogP contribution in [0, 0.1) is 10.1 Å². The summed E-state index contributed by atoms with van der Waals surface area (Å²) in [4.78, 5) is 24.5. The van der Waals surface area contributed by atoms with Crippen LogP contribution in [0.2, 0.25) is 0 Å². The van der Waals surface area contributed by atoms with Crippen molar-refractivity contribution in [2.45, 2.75) is 12.3 Å². The van der Waals surface area contributed by atoms with Gasteiger partial charge in [-0.3, -0.25) is 14.9 Å². The van der Waals surface area contributed by atoms with Gasteiger partial charge in [0.15, 0.2) is 0 Å². The minimum atomic E-state index is -4.42. The summed E-state index contributed by atoms with van der Waals surface area (Å²) in [6.45, 7) is 1.00. The van der Waals surface area contributed by atoms with Gasteiger partial charge in [0.1, 0.15) is 6.10 Å². The van der Waals surface area contributed by atoms with Gasteiger partial charge in [0, 0.05) is 32.3 Å². The number of nitro benzene ring substituents is 1. The molecule has 1 unspecified atom stereocenters. The maximum atomic E-state index is 12.8. The lowest BCUT2D eigenvalue weighted by molar-refractivity contribution is -0.384. The van der Waals surface area contributed by atoms with Gasteiger partial charge in [0.2, 0.25) is 0 Å². The van der Waals surface area contributed by atoms with Crippen LogP contribution in [0.4, 0.5) is 24.5 Å². The summed E-state index contributed by atoms with van der Waals surface area (Å²) in [5.41, 5.74) is 0.266. The lowest BCUT2D eigenvalue weighted by atomic mass is 10.0. The third-order valence-electron chi connectivity index (χ3n) is 4.68. The molecule has 1 amide bonds. The van der Waals surface area contributed by atoms with Crippen LogP contribution >= 0.6 is 0 Å². The van der Waals surface area contributed by atoms with Crippen LogP contribution < -0.4 is 10.2 Å². The van der Waals surface area contributed by atoms with Crippen LogP contribution in [-0.2, 0) is 10.9 Å². The number of nitro groups is 1. The van der Waals surface area contributed by atoms with Gasteiger partial charge in [0.05, 0.1) is 28.3 Å². The Morgan fingerprint density at radius 1 is 1.24 bits per heavy atom. The number of benzene rings is 2. The third-order valence-corrected chi connectivity index (χ3v) is 4.68. The van der Waals surface area contributed by atoms with E-state index in [9.17, 15) is 28.1 Å². The zero-order valence-corrected chi connectivity index (χ0v) is 15.4. The van der Waals surface area contributed by atoms with Crippen LogP contribution in [0.15, 0.2) is 42.5 Å². The van der Waals surface area contributed by atoms with E-state index >= 15 is 0 Å². The molecule has 0 saturated carbocycles. The number of hydrogen-bond acceptors (Lipinski definition) is 5. The number of alkyl halides is 3. The zero-order valence-electron chi connectivity index (χ0n) is 15.4. The molecule has 3 rings (SSSR count). The monoisotopic (exact) mass is 409 g/mol. The van der Waals surface area contributed by atoms with Crippen LogP contribution in [0.5, 0.6) is 0 Å². The molecular weight excluding hydrogens is 391 g/mol. The summed E-state index contributed by atoms with van der Waals surface area (Å²) >= 11 is 0. The van der Waals surface area contributed by atoms with Crippen molar-refractivity contribution in [3.05, 3.63) is 69.3 Å². The van der Waals surface area contributed by atoms with E-state index in [2.05, 4.69) is 5.32 Å². The maximum absolute atomic E-state index is 12.8. The molecule has 29 heavy (non-hydrogen) atoms. The number of hydrogen-bond donors (Lipinski definition) is 1. The Balaban J connectivity index is 1.87. The molecule has 2 aromatic carbocycles. The highest BCUT2D eigenvalue weighted by Gasteiger charge is 2.31. The van der Waals surface area contributed by atoms with Gasteiger partial charge in [-0.05, 0) is 23.8 Å². The number of rotatable bonds is 4. The minimum absolute atomic E-state index is 0.148. The number of nitrogens with one attached hydrogen (secondary N) is 1. The second kappa shape index (κ2) is 8.08. The summed E-state index contributed by atoms with van der Waals surface area (Å²) in [6.07, 6.45) is -4.92. The van der Waals surface area contributed by atoms with Crippen molar-refractivity contribution in [2.24, 2.45) is 0 Å². The van der Waals surface area contributed by atoms with Gasteiger partial charge >= 0.3 is 6.18 Å². The lowest BCUT2D eigenvalue weighted by Gasteiger charge is -2.35. The number of morpholine rings is 1. The summed E-state index contributed by atoms with van der Waals surface area (Å²) in [7, 11) is 1.43. The predicted octanol–water partition coefficient (Wildman–Crippen LogP) is 3.55. The van der Waals surface area contributed by atoms with Crippen molar-refractivity contribution in [3.63, 3.8) is 0 Å².